The first-order valence-corrected chi connectivity index (χ1v) is 5.14. The minimum Gasteiger partial charge on any atom is -0.496 e. The second-order valence-electron chi connectivity index (χ2n) is 3.58. The number of hydrogen-bond donors (Lipinski definition) is 1. The van der Waals surface area contributed by atoms with Crippen molar-refractivity contribution >= 4 is 5.97 Å². The monoisotopic (exact) mass is 242 g/mol. The number of aliphatic carboxylic acids is 1. The van der Waals surface area contributed by atoms with Crippen LogP contribution in [-0.4, -0.2) is 25.3 Å². The number of aryl methyl sites for hydroxylation is 1. The summed E-state index contributed by atoms with van der Waals surface area (Å²) in [4.78, 5) is 10.4. The van der Waals surface area contributed by atoms with Crippen LogP contribution in [0, 0.1) is 5.82 Å². The van der Waals surface area contributed by atoms with Gasteiger partial charge in [-0.25, -0.2) is 4.39 Å². The zero-order chi connectivity index (χ0) is 12.8. The van der Waals surface area contributed by atoms with Crippen LogP contribution in [0.1, 0.15) is 17.5 Å². The van der Waals surface area contributed by atoms with E-state index in [1.165, 1.54) is 20.3 Å². The molecule has 0 fully saturated rings. The van der Waals surface area contributed by atoms with Gasteiger partial charge < -0.3 is 14.6 Å². The molecule has 0 aromatic heterocycles. The molecule has 0 spiro atoms. The molecule has 5 heteroatoms. The highest BCUT2D eigenvalue weighted by Gasteiger charge is 2.11. The van der Waals surface area contributed by atoms with Gasteiger partial charge in [-0.2, -0.15) is 0 Å². The lowest BCUT2D eigenvalue weighted by atomic mass is 10.0. The minimum absolute atomic E-state index is 0.102. The van der Waals surface area contributed by atoms with Gasteiger partial charge in [0.25, 0.3) is 0 Å². The number of hydrogen-bond acceptors (Lipinski definition) is 3. The Hall–Kier alpha value is -1.62. The van der Waals surface area contributed by atoms with Crippen molar-refractivity contribution in [3.63, 3.8) is 0 Å². The van der Waals surface area contributed by atoms with Gasteiger partial charge in [0, 0.05) is 25.2 Å². The van der Waals surface area contributed by atoms with Gasteiger partial charge in [0.2, 0.25) is 0 Å². The Morgan fingerprint density at radius 3 is 2.59 bits per heavy atom. The van der Waals surface area contributed by atoms with E-state index < -0.39 is 11.8 Å². The summed E-state index contributed by atoms with van der Waals surface area (Å²) in [6.07, 6.45) is 0.0531. The summed E-state index contributed by atoms with van der Waals surface area (Å²) in [6, 6.07) is 2.84. The highest BCUT2D eigenvalue weighted by molar-refractivity contribution is 5.67. The topological polar surface area (TPSA) is 55.8 Å². The Balaban J connectivity index is 2.97. The molecule has 0 aliphatic carbocycles. The van der Waals surface area contributed by atoms with Crippen LogP contribution in [-0.2, 0) is 22.6 Å². The molecule has 0 heterocycles. The summed E-state index contributed by atoms with van der Waals surface area (Å²) in [5.74, 6) is -1.00. The molecule has 0 saturated heterocycles. The molecule has 0 bridgehead atoms. The largest absolute Gasteiger partial charge is 0.496 e. The van der Waals surface area contributed by atoms with E-state index in [9.17, 15) is 9.18 Å². The zero-order valence-corrected chi connectivity index (χ0v) is 9.83. The van der Waals surface area contributed by atoms with E-state index in [2.05, 4.69) is 0 Å². The highest BCUT2D eigenvalue weighted by atomic mass is 19.1. The summed E-state index contributed by atoms with van der Waals surface area (Å²) in [5.41, 5.74) is 1.07. The summed E-state index contributed by atoms with van der Waals surface area (Å²) >= 11 is 0. The average molecular weight is 242 g/mol. The lowest BCUT2D eigenvalue weighted by Gasteiger charge is -2.11. The average Bonchev–Trinajstić information content (AvgIpc) is 2.29. The van der Waals surface area contributed by atoms with Crippen molar-refractivity contribution in [1.82, 2.24) is 0 Å². The van der Waals surface area contributed by atoms with Crippen LogP contribution in [0.25, 0.3) is 0 Å². The summed E-state index contributed by atoms with van der Waals surface area (Å²) in [6.45, 7) is 0.295. The third-order valence-corrected chi connectivity index (χ3v) is 2.36. The van der Waals surface area contributed by atoms with Crippen LogP contribution in [0.4, 0.5) is 4.39 Å². The van der Waals surface area contributed by atoms with Crippen LogP contribution < -0.4 is 4.74 Å². The van der Waals surface area contributed by atoms with Gasteiger partial charge in [-0.1, -0.05) is 0 Å². The molecule has 1 rings (SSSR count). The van der Waals surface area contributed by atoms with E-state index in [1.807, 2.05) is 0 Å². The van der Waals surface area contributed by atoms with E-state index in [-0.39, 0.29) is 12.8 Å². The second kappa shape index (κ2) is 6.20. The van der Waals surface area contributed by atoms with Gasteiger partial charge in [0.1, 0.15) is 11.6 Å². The van der Waals surface area contributed by atoms with Crippen LogP contribution in [0.3, 0.4) is 0 Å². The Labute approximate surface area is 99.0 Å². The SMILES string of the molecule is COCc1cc(CCC(=O)O)c(F)cc1OC. The normalized spacial score (nSPS) is 10.3. The zero-order valence-electron chi connectivity index (χ0n) is 9.83. The number of ether oxygens (including phenoxy) is 2. The first-order valence-electron chi connectivity index (χ1n) is 5.14. The molecule has 0 atom stereocenters. The van der Waals surface area contributed by atoms with Crippen molar-refractivity contribution in [2.75, 3.05) is 14.2 Å². The lowest BCUT2D eigenvalue weighted by Crippen LogP contribution is -2.02. The molecular weight excluding hydrogens is 227 g/mol. The van der Waals surface area contributed by atoms with Crippen LogP contribution in [0.15, 0.2) is 12.1 Å². The van der Waals surface area contributed by atoms with Crippen molar-refractivity contribution in [3.05, 3.63) is 29.1 Å². The quantitative estimate of drug-likeness (QED) is 0.828. The summed E-state index contributed by atoms with van der Waals surface area (Å²) in [7, 11) is 2.98. The molecule has 17 heavy (non-hydrogen) atoms. The van der Waals surface area contributed by atoms with Gasteiger partial charge in [-0.05, 0) is 18.1 Å². The van der Waals surface area contributed by atoms with E-state index in [1.54, 1.807) is 6.07 Å². The van der Waals surface area contributed by atoms with E-state index in [4.69, 9.17) is 14.6 Å². The maximum Gasteiger partial charge on any atom is 0.303 e. The van der Waals surface area contributed by atoms with E-state index in [0.717, 1.165) is 0 Å². The maximum absolute atomic E-state index is 13.6. The summed E-state index contributed by atoms with van der Waals surface area (Å²) in [5, 5.41) is 8.57. The predicted octanol–water partition coefficient (Wildman–Crippen LogP) is 2.00. The first kappa shape index (κ1) is 13.4. The fourth-order valence-corrected chi connectivity index (χ4v) is 1.54. The molecule has 0 unspecified atom stereocenters. The minimum atomic E-state index is -0.950. The highest BCUT2D eigenvalue weighted by Crippen LogP contribution is 2.24. The Bertz CT molecular complexity index is 404. The lowest BCUT2D eigenvalue weighted by molar-refractivity contribution is -0.136. The van der Waals surface area contributed by atoms with Crippen molar-refractivity contribution in [2.45, 2.75) is 19.4 Å². The summed E-state index contributed by atoms with van der Waals surface area (Å²) < 4.78 is 23.6. The first-order chi connectivity index (χ1) is 8.08. The molecule has 1 N–H and O–H groups in total. The smallest absolute Gasteiger partial charge is 0.303 e. The molecular formula is C12H15FO4. The van der Waals surface area contributed by atoms with Crippen molar-refractivity contribution in [3.8, 4) is 5.75 Å². The van der Waals surface area contributed by atoms with Gasteiger partial charge in [-0.15, -0.1) is 0 Å². The molecule has 0 aliphatic heterocycles. The predicted molar refractivity (Wildman–Crippen MR) is 59.6 cm³/mol. The molecule has 0 amide bonds. The van der Waals surface area contributed by atoms with Gasteiger partial charge in [-0.3, -0.25) is 4.79 Å². The van der Waals surface area contributed by atoms with Crippen LogP contribution in [0.5, 0.6) is 5.75 Å². The Morgan fingerprint density at radius 1 is 1.35 bits per heavy atom. The van der Waals surface area contributed by atoms with Crippen LogP contribution in [0.2, 0.25) is 0 Å². The molecule has 94 valence electrons. The Morgan fingerprint density at radius 2 is 2.06 bits per heavy atom. The van der Waals surface area contributed by atoms with Gasteiger partial charge >= 0.3 is 5.97 Å². The maximum atomic E-state index is 13.6. The van der Waals surface area contributed by atoms with Crippen molar-refractivity contribution in [1.29, 1.82) is 0 Å². The number of rotatable bonds is 6. The number of halogens is 1. The number of carboxylic acid groups (broad SMARTS) is 1. The molecule has 0 aliphatic rings. The third-order valence-electron chi connectivity index (χ3n) is 2.36. The molecule has 0 saturated carbocycles. The van der Waals surface area contributed by atoms with Gasteiger partial charge in [0.05, 0.1) is 13.7 Å². The fourth-order valence-electron chi connectivity index (χ4n) is 1.54. The van der Waals surface area contributed by atoms with Crippen LogP contribution >= 0.6 is 0 Å². The fraction of sp³-hybridized carbons (Fsp3) is 0.417. The standard InChI is InChI=1S/C12H15FO4/c1-16-7-9-5-8(3-4-12(14)15)10(13)6-11(9)17-2/h5-6H,3-4,7H2,1-2H3,(H,14,15). The van der Waals surface area contributed by atoms with E-state index >= 15 is 0 Å². The number of carboxylic acids is 1. The molecule has 1 aromatic carbocycles. The molecule has 0 radical (unpaired) electrons. The van der Waals surface area contributed by atoms with Gasteiger partial charge in [0.15, 0.2) is 0 Å². The van der Waals surface area contributed by atoms with E-state index in [0.29, 0.717) is 23.5 Å². The number of carbonyl (C=O) groups is 1. The number of methoxy groups -OCH3 is 2. The molecule has 4 nitrogen and oxygen atoms in total. The third kappa shape index (κ3) is 3.71. The second-order valence-corrected chi connectivity index (χ2v) is 3.58. The molecule has 1 aromatic rings. The van der Waals surface area contributed by atoms with Crippen molar-refractivity contribution in [2.24, 2.45) is 0 Å². The number of benzene rings is 1. The van der Waals surface area contributed by atoms with Crippen molar-refractivity contribution < 1.29 is 23.8 Å². The Kier molecular flexibility index (Phi) is 4.90.